The van der Waals surface area contributed by atoms with Gasteiger partial charge in [0.25, 0.3) is 5.91 Å². The van der Waals surface area contributed by atoms with Gasteiger partial charge in [-0.05, 0) is 30.7 Å². The highest BCUT2D eigenvalue weighted by Gasteiger charge is 2.35. The minimum absolute atomic E-state index is 0.0104. The van der Waals surface area contributed by atoms with Crippen molar-refractivity contribution < 1.29 is 14.3 Å². The summed E-state index contributed by atoms with van der Waals surface area (Å²) < 4.78 is 11.1. The Bertz CT molecular complexity index is 809. The van der Waals surface area contributed by atoms with Gasteiger partial charge in [-0.25, -0.2) is 0 Å². The summed E-state index contributed by atoms with van der Waals surface area (Å²) in [7, 11) is 0. The second-order valence-corrected chi connectivity index (χ2v) is 6.25. The number of halogens is 1. The zero-order chi connectivity index (χ0) is 16.7. The van der Waals surface area contributed by atoms with Crippen molar-refractivity contribution in [1.29, 1.82) is 0 Å². The molecule has 1 unspecified atom stereocenters. The van der Waals surface area contributed by atoms with Gasteiger partial charge in [0.15, 0.2) is 11.5 Å². The highest BCUT2D eigenvalue weighted by Crippen LogP contribution is 2.43. The molecule has 24 heavy (non-hydrogen) atoms. The molecule has 2 aliphatic heterocycles. The number of benzene rings is 2. The summed E-state index contributed by atoms with van der Waals surface area (Å²) in [5.74, 6) is 1.38. The van der Waals surface area contributed by atoms with Gasteiger partial charge in [0.05, 0.1) is 11.3 Å². The first-order chi connectivity index (χ1) is 11.7. The van der Waals surface area contributed by atoms with Crippen molar-refractivity contribution in [3.05, 3.63) is 52.5 Å². The van der Waals surface area contributed by atoms with E-state index in [1.807, 2.05) is 23.1 Å². The zero-order valence-corrected chi connectivity index (χ0v) is 14.0. The molecule has 4 rings (SSSR count). The van der Waals surface area contributed by atoms with Gasteiger partial charge in [-0.15, -0.1) is 0 Å². The van der Waals surface area contributed by atoms with Gasteiger partial charge in [0, 0.05) is 17.1 Å². The predicted octanol–water partition coefficient (Wildman–Crippen LogP) is 4.05. The van der Waals surface area contributed by atoms with Crippen LogP contribution in [0.2, 0.25) is 5.02 Å². The Morgan fingerprint density at radius 3 is 3.00 bits per heavy atom. The Balaban J connectivity index is 1.82. The molecule has 2 aromatic rings. The molecule has 1 N–H and O–H groups in total. The van der Waals surface area contributed by atoms with Gasteiger partial charge >= 0.3 is 0 Å². The van der Waals surface area contributed by atoms with E-state index in [1.54, 1.807) is 18.2 Å². The molecule has 0 spiro atoms. The Kier molecular flexibility index (Phi) is 3.73. The molecule has 0 bridgehead atoms. The highest BCUT2D eigenvalue weighted by molar-refractivity contribution is 6.31. The van der Waals surface area contributed by atoms with E-state index in [-0.39, 0.29) is 18.9 Å². The lowest BCUT2D eigenvalue weighted by molar-refractivity contribution is 0.0680. The normalized spacial score (nSPS) is 18.3. The van der Waals surface area contributed by atoms with Gasteiger partial charge < -0.3 is 19.7 Å². The van der Waals surface area contributed by atoms with Crippen LogP contribution in [0.4, 0.5) is 5.69 Å². The molecule has 6 heteroatoms. The van der Waals surface area contributed by atoms with E-state index in [0.29, 0.717) is 28.6 Å². The van der Waals surface area contributed by atoms with Crippen molar-refractivity contribution in [2.45, 2.75) is 19.5 Å². The Labute approximate surface area is 145 Å². The predicted molar refractivity (Wildman–Crippen MR) is 91.7 cm³/mol. The monoisotopic (exact) mass is 344 g/mol. The van der Waals surface area contributed by atoms with E-state index in [0.717, 1.165) is 17.7 Å². The molecule has 1 amide bonds. The summed E-state index contributed by atoms with van der Waals surface area (Å²) in [5.41, 5.74) is 2.26. The summed E-state index contributed by atoms with van der Waals surface area (Å²) >= 11 is 6.10. The lowest BCUT2D eigenvalue weighted by Gasteiger charge is -2.38. The minimum atomic E-state index is -0.319. The molecule has 0 saturated heterocycles. The van der Waals surface area contributed by atoms with E-state index in [4.69, 9.17) is 21.1 Å². The molecule has 0 aliphatic carbocycles. The third kappa shape index (κ3) is 2.36. The lowest BCUT2D eigenvalue weighted by atomic mass is 10.0. The van der Waals surface area contributed by atoms with Crippen LogP contribution in [0.15, 0.2) is 36.4 Å². The molecule has 0 fully saturated rings. The van der Waals surface area contributed by atoms with Crippen LogP contribution in [0.25, 0.3) is 0 Å². The maximum atomic E-state index is 13.0. The Morgan fingerprint density at radius 1 is 1.29 bits per heavy atom. The molecule has 2 heterocycles. The lowest BCUT2D eigenvalue weighted by Crippen LogP contribution is -2.43. The largest absolute Gasteiger partial charge is 0.454 e. The number of amides is 1. The van der Waals surface area contributed by atoms with Crippen molar-refractivity contribution in [2.75, 3.05) is 18.7 Å². The molecule has 0 radical (unpaired) electrons. The number of hydrogen-bond donors (Lipinski definition) is 1. The number of hydrogen-bond acceptors (Lipinski definition) is 4. The molecule has 5 nitrogen and oxygen atoms in total. The fourth-order valence-electron chi connectivity index (χ4n) is 3.20. The third-order valence-corrected chi connectivity index (χ3v) is 4.50. The van der Waals surface area contributed by atoms with E-state index < -0.39 is 0 Å². The maximum absolute atomic E-state index is 13.0. The number of fused-ring (bicyclic) bond motifs is 2. The number of carbonyl (C=O) groups excluding carboxylic acids is 1. The van der Waals surface area contributed by atoms with E-state index in [1.165, 1.54) is 0 Å². The number of nitrogens with one attached hydrogen (secondary N) is 1. The molecular weight excluding hydrogens is 328 g/mol. The second-order valence-electron chi connectivity index (χ2n) is 5.82. The third-order valence-electron chi connectivity index (χ3n) is 4.26. The van der Waals surface area contributed by atoms with Gasteiger partial charge in [-0.2, -0.15) is 0 Å². The van der Waals surface area contributed by atoms with Crippen LogP contribution >= 0.6 is 11.6 Å². The molecule has 1 atom stereocenters. The number of carbonyl (C=O) groups is 1. The van der Waals surface area contributed by atoms with Gasteiger partial charge in [0.2, 0.25) is 6.79 Å². The average molecular weight is 345 g/mol. The van der Waals surface area contributed by atoms with Crippen LogP contribution in [0, 0.1) is 0 Å². The smallest absolute Gasteiger partial charge is 0.257 e. The van der Waals surface area contributed by atoms with Gasteiger partial charge in [0.1, 0.15) is 6.17 Å². The number of para-hydroxylation sites is 1. The zero-order valence-electron chi connectivity index (χ0n) is 13.2. The first kappa shape index (κ1) is 15.1. The summed E-state index contributed by atoms with van der Waals surface area (Å²) in [4.78, 5) is 14.8. The van der Waals surface area contributed by atoms with Crippen LogP contribution in [0.5, 0.6) is 11.5 Å². The van der Waals surface area contributed by atoms with Crippen molar-refractivity contribution in [2.24, 2.45) is 0 Å². The SMILES string of the molecule is CCCN1C(=O)c2ccc(Cl)cc2NC1c1cccc2c1OCO2. The van der Waals surface area contributed by atoms with Crippen LogP contribution < -0.4 is 14.8 Å². The minimum Gasteiger partial charge on any atom is -0.454 e. The molecule has 124 valence electrons. The van der Waals surface area contributed by atoms with Crippen LogP contribution in [-0.2, 0) is 0 Å². The fraction of sp³-hybridized carbons (Fsp3) is 0.278. The molecule has 2 aromatic carbocycles. The first-order valence-electron chi connectivity index (χ1n) is 7.94. The fourth-order valence-corrected chi connectivity index (χ4v) is 3.38. The number of ether oxygens (including phenoxy) is 2. The Morgan fingerprint density at radius 2 is 2.17 bits per heavy atom. The number of anilines is 1. The van der Waals surface area contributed by atoms with E-state index in [9.17, 15) is 4.79 Å². The quantitative estimate of drug-likeness (QED) is 0.912. The van der Waals surface area contributed by atoms with Crippen molar-refractivity contribution in [3.63, 3.8) is 0 Å². The molecular formula is C18H17ClN2O3. The number of nitrogens with zero attached hydrogens (tertiary/aromatic N) is 1. The van der Waals surface area contributed by atoms with Crippen molar-refractivity contribution >= 4 is 23.2 Å². The number of rotatable bonds is 3. The molecule has 0 aromatic heterocycles. The Hall–Kier alpha value is -2.40. The van der Waals surface area contributed by atoms with Crippen LogP contribution in [0.1, 0.15) is 35.4 Å². The van der Waals surface area contributed by atoms with Gasteiger partial charge in [-0.3, -0.25) is 4.79 Å². The first-order valence-corrected chi connectivity index (χ1v) is 8.32. The van der Waals surface area contributed by atoms with Crippen molar-refractivity contribution in [3.8, 4) is 11.5 Å². The van der Waals surface area contributed by atoms with E-state index >= 15 is 0 Å². The van der Waals surface area contributed by atoms with E-state index in [2.05, 4.69) is 12.2 Å². The summed E-state index contributed by atoms with van der Waals surface area (Å²) in [5, 5.41) is 4.03. The summed E-state index contributed by atoms with van der Waals surface area (Å²) in [6.07, 6.45) is 0.541. The standard InChI is InChI=1S/C18H17ClN2O3/c1-2-8-21-17(13-4-3-5-15-16(13)24-10-23-15)20-14-9-11(19)6-7-12(14)18(21)22/h3-7,9,17,20H,2,8,10H2,1H3. The van der Waals surface area contributed by atoms with Crippen molar-refractivity contribution in [1.82, 2.24) is 4.90 Å². The average Bonchev–Trinajstić information content (AvgIpc) is 3.06. The maximum Gasteiger partial charge on any atom is 0.257 e. The highest BCUT2D eigenvalue weighted by atomic mass is 35.5. The van der Waals surface area contributed by atoms with Gasteiger partial charge in [-0.1, -0.05) is 30.7 Å². The molecule has 2 aliphatic rings. The molecule has 0 saturated carbocycles. The summed E-state index contributed by atoms with van der Waals surface area (Å²) in [6, 6.07) is 11.0. The topological polar surface area (TPSA) is 50.8 Å². The van der Waals surface area contributed by atoms with Crippen LogP contribution in [-0.4, -0.2) is 24.1 Å². The summed E-state index contributed by atoms with van der Waals surface area (Å²) in [6.45, 7) is 2.89. The van der Waals surface area contributed by atoms with Crippen LogP contribution in [0.3, 0.4) is 0 Å². The second kappa shape index (κ2) is 5.91.